The van der Waals surface area contributed by atoms with Crippen molar-refractivity contribution in [2.24, 2.45) is 0 Å². The molecule has 3 heteroatoms. The van der Waals surface area contributed by atoms with Crippen LogP contribution >= 0.6 is 0 Å². The average molecular weight is 282 g/mol. The van der Waals surface area contributed by atoms with E-state index in [0.29, 0.717) is 0 Å². The van der Waals surface area contributed by atoms with Crippen molar-refractivity contribution >= 4 is 0 Å². The molecule has 2 rings (SSSR count). The number of aliphatic hydroxyl groups excluding tert-OH is 2. The van der Waals surface area contributed by atoms with Gasteiger partial charge in [0.25, 0.3) is 0 Å². The molecule has 17 heavy (non-hydrogen) atoms. The fourth-order valence-corrected chi connectivity index (χ4v) is 0.684. The van der Waals surface area contributed by atoms with Crippen LogP contribution in [0.1, 0.15) is 0 Å². The average Bonchev–Trinajstić information content (AvgIpc) is 2.44. The maximum atomic E-state index is 7.62. The number of benzene rings is 2. The molecule has 2 aromatic carbocycles. The van der Waals surface area contributed by atoms with E-state index < -0.39 is 0 Å². The molecule has 0 amide bonds. The first kappa shape index (κ1) is 18.4. The van der Waals surface area contributed by atoms with Gasteiger partial charge in [-0.05, 0) is 0 Å². The van der Waals surface area contributed by atoms with Crippen LogP contribution in [0, 0.1) is 12.1 Å². The summed E-state index contributed by atoms with van der Waals surface area (Å²) in [4.78, 5) is 0. The van der Waals surface area contributed by atoms with Crippen molar-refractivity contribution < 1.29 is 29.7 Å². The van der Waals surface area contributed by atoms with Gasteiger partial charge in [0.05, 0.1) is 13.2 Å². The minimum Gasteiger partial charge on any atom is -0.394 e. The first-order chi connectivity index (χ1) is 7.91. The maximum absolute atomic E-state index is 7.62. The van der Waals surface area contributed by atoms with Gasteiger partial charge in [-0.3, -0.25) is 0 Å². The van der Waals surface area contributed by atoms with Crippen LogP contribution in [-0.2, 0) is 19.5 Å². The monoisotopic (exact) mass is 280 g/mol. The van der Waals surface area contributed by atoms with E-state index in [2.05, 4.69) is 12.1 Å². The predicted molar refractivity (Wildman–Crippen MR) is 64.7 cm³/mol. The molecule has 0 saturated heterocycles. The van der Waals surface area contributed by atoms with Crippen molar-refractivity contribution in [1.82, 2.24) is 0 Å². The number of aliphatic hydroxyl groups is 2. The summed E-state index contributed by atoms with van der Waals surface area (Å²) in [6.07, 6.45) is 0. The van der Waals surface area contributed by atoms with Gasteiger partial charge in [-0.2, -0.15) is 72.8 Å². The normalized spacial score (nSPS) is 7.41. The third-order valence-corrected chi connectivity index (χ3v) is 1.31. The van der Waals surface area contributed by atoms with Gasteiger partial charge < -0.3 is 10.2 Å². The Labute approximate surface area is 116 Å². The summed E-state index contributed by atoms with van der Waals surface area (Å²) >= 11 is 0. The fourth-order valence-electron chi connectivity index (χ4n) is 0.684. The molecule has 0 aliphatic rings. The first-order valence-electron chi connectivity index (χ1n) is 4.95. The summed E-state index contributed by atoms with van der Waals surface area (Å²) in [5.74, 6) is 0. The van der Waals surface area contributed by atoms with Crippen LogP contribution in [0.15, 0.2) is 60.7 Å². The Morgan fingerprint density at radius 3 is 0.941 bits per heavy atom. The smallest absolute Gasteiger partial charge is 0.394 e. The second-order valence-corrected chi connectivity index (χ2v) is 2.60. The van der Waals surface area contributed by atoms with Crippen molar-refractivity contribution in [2.75, 3.05) is 13.2 Å². The molecule has 0 bridgehead atoms. The van der Waals surface area contributed by atoms with Crippen LogP contribution in [0.2, 0.25) is 0 Å². The summed E-state index contributed by atoms with van der Waals surface area (Å²) in [5.41, 5.74) is 0. The Morgan fingerprint density at radius 1 is 0.588 bits per heavy atom. The largest absolute Gasteiger partial charge is 2.00 e. The predicted octanol–water partition coefficient (Wildman–Crippen LogP) is 1.94. The minimum absolute atomic E-state index is 0. The molecule has 0 fully saturated rings. The van der Waals surface area contributed by atoms with Gasteiger partial charge in [0, 0.05) is 0 Å². The molecule has 0 unspecified atom stereocenters. The van der Waals surface area contributed by atoms with Gasteiger partial charge in [-0.25, -0.2) is 0 Å². The molecule has 86 valence electrons. The van der Waals surface area contributed by atoms with E-state index in [1.165, 1.54) is 0 Å². The molecule has 0 saturated carbocycles. The zero-order chi connectivity index (χ0) is 11.9. The Hall–Kier alpha value is -1.02. The second-order valence-electron chi connectivity index (χ2n) is 2.60. The zero-order valence-corrected chi connectivity index (χ0v) is 12.8. The molecule has 0 atom stereocenters. The third kappa shape index (κ3) is 17.6. The summed E-state index contributed by atoms with van der Waals surface area (Å²) in [5, 5.41) is 15.2. The summed E-state index contributed by atoms with van der Waals surface area (Å²) in [7, 11) is 0. The van der Waals surface area contributed by atoms with Gasteiger partial charge in [-0.15, -0.1) is 0 Å². The quantitative estimate of drug-likeness (QED) is 0.619. The summed E-state index contributed by atoms with van der Waals surface area (Å²) in [6.45, 7) is -0.250. The molecule has 0 aliphatic carbocycles. The molecule has 0 radical (unpaired) electrons. The Morgan fingerprint density at radius 2 is 0.882 bits per heavy atom. The molecule has 0 heterocycles. The Bertz CT molecular complexity index is 213. The molecule has 2 aromatic rings. The third-order valence-electron chi connectivity index (χ3n) is 1.31. The number of rotatable bonds is 1. The second kappa shape index (κ2) is 17.4. The Balaban J connectivity index is 0. The van der Waals surface area contributed by atoms with Crippen molar-refractivity contribution in [3.8, 4) is 0 Å². The van der Waals surface area contributed by atoms with Crippen LogP contribution in [0.4, 0.5) is 0 Å². The molecule has 2 nitrogen and oxygen atoms in total. The summed E-state index contributed by atoms with van der Waals surface area (Å²) < 4.78 is 0. The van der Waals surface area contributed by atoms with Crippen LogP contribution in [0.3, 0.4) is 0 Å². The molecular formula is C14H16O2Zn. The van der Waals surface area contributed by atoms with Crippen LogP contribution in [0.25, 0.3) is 0 Å². The van der Waals surface area contributed by atoms with Gasteiger partial charge in [0.1, 0.15) is 0 Å². The van der Waals surface area contributed by atoms with Gasteiger partial charge >= 0.3 is 19.5 Å². The van der Waals surface area contributed by atoms with E-state index >= 15 is 0 Å². The molecule has 2 N–H and O–H groups in total. The molecule has 0 spiro atoms. The summed E-state index contributed by atoms with van der Waals surface area (Å²) in [6, 6.07) is 25.0. The number of hydrogen-bond acceptors (Lipinski definition) is 2. The topological polar surface area (TPSA) is 40.5 Å². The molecular weight excluding hydrogens is 266 g/mol. The molecule has 0 aromatic heterocycles. The van der Waals surface area contributed by atoms with E-state index in [1.54, 1.807) is 0 Å². The standard InChI is InChI=1S/2C6H5.C2H6O2.Zn/c2*1-2-4-6-5-3-1;3-1-2-4;/h2*1-5H;3-4H,1-2H2;/q2*-1;;+2. The first-order valence-corrected chi connectivity index (χ1v) is 4.95. The number of hydrogen-bond donors (Lipinski definition) is 2. The van der Waals surface area contributed by atoms with Gasteiger partial charge in [-0.1, -0.05) is 0 Å². The van der Waals surface area contributed by atoms with Crippen molar-refractivity contribution in [3.05, 3.63) is 72.8 Å². The van der Waals surface area contributed by atoms with E-state index in [4.69, 9.17) is 10.2 Å². The van der Waals surface area contributed by atoms with Crippen LogP contribution in [-0.4, -0.2) is 23.4 Å². The van der Waals surface area contributed by atoms with Crippen LogP contribution in [0.5, 0.6) is 0 Å². The van der Waals surface area contributed by atoms with E-state index in [0.717, 1.165) is 0 Å². The zero-order valence-electron chi connectivity index (χ0n) is 9.79. The van der Waals surface area contributed by atoms with Crippen molar-refractivity contribution in [3.63, 3.8) is 0 Å². The van der Waals surface area contributed by atoms with E-state index in [-0.39, 0.29) is 32.7 Å². The fraction of sp³-hybridized carbons (Fsp3) is 0.143. The van der Waals surface area contributed by atoms with Gasteiger partial charge in [0.2, 0.25) is 0 Å². The van der Waals surface area contributed by atoms with Gasteiger partial charge in [0.15, 0.2) is 0 Å². The van der Waals surface area contributed by atoms with Crippen molar-refractivity contribution in [2.45, 2.75) is 0 Å². The Kier molecular flexibility index (Phi) is 18.8. The van der Waals surface area contributed by atoms with Crippen molar-refractivity contribution in [1.29, 1.82) is 0 Å². The minimum atomic E-state index is -0.125. The SMILES string of the molecule is OCCO.[Zn+2].[c-]1ccccc1.[c-]1ccccc1. The van der Waals surface area contributed by atoms with E-state index in [1.807, 2.05) is 60.7 Å². The maximum Gasteiger partial charge on any atom is 2.00 e. The van der Waals surface area contributed by atoms with E-state index in [9.17, 15) is 0 Å². The molecule has 0 aliphatic heterocycles. The van der Waals surface area contributed by atoms with Crippen LogP contribution < -0.4 is 0 Å².